The zero-order chi connectivity index (χ0) is 18.8. The fourth-order valence-electron chi connectivity index (χ4n) is 3.33. The van der Waals surface area contributed by atoms with Gasteiger partial charge in [-0.3, -0.25) is 4.90 Å². The maximum atomic E-state index is 12.2. The van der Waals surface area contributed by atoms with E-state index in [1.165, 1.54) is 6.39 Å². The predicted octanol–water partition coefficient (Wildman–Crippen LogP) is 3.41. The van der Waals surface area contributed by atoms with Crippen LogP contribution in [0.4, 0.5) is 4.79 Å². The highest BCUT2D eigenvalue weighted by molar-refractivity contribution is 5.74. The van der Waals surface area contributed by atoms with Crippen LogP contribution in [0.25, 0.3) is 11.1 Å². The fraction of sp³-hybridized carbons (Fsp3) is 0.300. The fourth-order valence-corrected chi connectivity index (χ4v) is 3.33. The Hall–Kier alpha value is -3.22. The zero-order valence-corrected chi connectivity index (χ0v) is 15.2. The summed E-state index contributed by atoms with van der Waals surface area (Å²) >= 11 is 0. The molecule has 27 heavy (non-hydrogen) atoms. The first-order valence-electron chi connectivity index (χ1n) is 8.64. The van der Waals surface area contributed by atoms with Crippen molar-refractivity contribution in [3.63, 3.8) is 0 Å². The van der Waals surface area contributed by atoms with Gasteiger partial charge in [-0.2, -0.15) is 0 Å². The predicted molar refractivity (Wildman–Crippen MR) is 97.9 cm³/mol. The van der Waals surface area contributed by atoms with Gasteiger partial charge in [0.25, 0.3) is 0 Å². The third-order valence-electron chi connectivity index (χ3n) is 4.74. The number of aromatic nitrogens is 1. The van der Waals surface area contributed by atoms with Crippen molar-refractivity contribution in [2.45, 2.75) is 19.0 Å². The second-order valence-corrected chi connectivity index (χ2v) is 6.41. The average Bonchev–Trinajstić information content (AvgIpc) is 3.29. The second-order valence-electron chi connectivity index (χ2n) is 6.41. The minimum absolute atomic E-state index is 0.0522. The molecule has 1 unspecified atom stereocenters. The number of hydrogen-bond donors (Lipinski definition) is 0. The minimum atomic E-state index is -0.305. The number of ether oxygens (including phenoxy) is 3. The maximum absolute atomic E-state index is 12.2. The summed E-state index contributed by atoms with van der Waals surface area (Å²) in [7, 11) is 3.21. The van der Waals surface area contributed by atoms with Gasteiger partial charge in [-0.05, 0) is 41.8 Å². The smallest absolute Gasteiger partial charge is 0.410 e. The van der Waals surface area contributed by atoms with Crippen molar-refractivity contribution in [2.24, 2.45) is 0 Å². The first kappa shape index (κ1) is 17.2. The van der Waals surface area contributed by atoms with Gasteiger partial charge in [-0.25, -0.2) is 9.78 Å². The first-order chi connectivity index (χ1) is 13.2. The highest BCUT2D eigenvalue weighted by Gasteiger charge is 2.33. The standard InChI is InChI=1S/C20H20N2O5/c1-24-18-6-3-13(9-19(18)25-2)7-15-11-26-20(23)22(15)10-14-4-5-17-16(8-14)21-12-27-17/h3-6,8-9,12,15H,7,10-11H2,1-2H3. The van der Waals surface area contributed by atoms with E-state index in [1.807, 2.05) is 36.4 Å². The number of methoxy groups -OCH3 is 2. The number of carbonyl (C=O) groups is 1. The van der Waals surface area contributed by atoms with Crippen molar-refractivity contribution in [3.8, 4) is 11.5 Å². The normalized spacial score (nSPS) is 16.6. The lowest BCUT2D eigenvalue weighted by Crippen LogP contribution is -2.34. The third kappa shape index (κ3) is 3.40. The summed E-state index contributed by atoms with van der Waals surface area (Å²) in [6, 6.07) is 11.5. The molecule has 0 N–H and O–H groups in total. The zero-order valence-electron chi connectivity index (χ0n) is 15.2. The van der Waals surface area contributed by atoms with Gasteiger partial charge in [0.2, 0.25) is 0 Å². The summed E-state index contributed by atoms with van der Waals surface area (Å²) in [5.74, 6) is 1.35. The molecule has 1 aromatic heterocycles. The highest BCUT2D eigenvalue weighted by Crippen LogP contribution is 2.29. The Bertz CT molecular complexity index is 968. The molecule has 0 bridgehead atoms. The molecule has 2 heterocycles. The molecule has 0 saturated carbocycles. The molecule has 2 aromatic carbocycles. The number of carbonyl (C=O) groups excluding carboxylic acids is 1. The summed E-state index contributed by atoms with van der Waals surface area (Å²) in [4.78, 5) is 18.2. The van der Waals surface area contributed by atoms with Crippen molar-refractivity contribution in [1.29, 1.82) is 0 Å². The first-order valence-corrected chi connectivity index (χ1v) is 8.64. The molecule has 1 aliphatic rings. The van der Waals surface area contributed by atoms with Crippen LogP contribution in [0, 0.1) is 0 Å². The van der Waals surface area contributed by atoms with Crippen LogP contribution in [0.1, 0.15) is 11.1 Å². The Morgan fingerprint density at radius 1 is 1.11 bits per heavy atom. The maximum Gasteiger partial charge on any atom is 0.410 e. The number of hydrogen-bond acceptors (Lipinski definition) is 6. The summed E-state index contributed by atoms with van der Waals surface area (Å²) < 4.78 is 21.2. The van der Waals surface area contributed by atoms with Crippen LogP contribution >= 0.6 is 0 Å². The number of cyclic esters (lactones) is 1. The van der Waals surface area contributed by atoms with Crippen LogP contribution in [-0.2, 0) is 17.7 Å². The van der Waals surface area contributed by atoms with E-state index in [-0.39, 0.29) is 12.1 Å². The molecular formula is C20H20N2O5. The number of amides is 1. The van der Waals surface area contributed by atoms with E-state index in [0.717, 1.165) is 22.2 Å². The summed E-state index contributed by atoms with van der Waals surface area (Å²) in [5, 5.41) is 0. The highest BCUT2D eigenvalue weighted by atomic mass is 16.6. The van der Waals surface area contributed by atoms with E-state index < -0.39 is 0 Å². The molecular weight excluding hydrogens is 348 g/mol. The Morgan fingerprint density at radius 3 is 2.74 bits per heavy atom. The number of fused-ring (bicyclic) bond motifs is 1. The van der Waals surface area contributed by atoms with Gasteiger partial charge in [-0.15, -0.1) is 0 Å². The van der Waals surface area contributed by atoms with E-state index in [2.05, 4.69) is 4.98 Å². The number of nitrogens with zero attached hydrogens (tertiary/aromatic N) is 2. The van der Waals surface area contributed by atoms with Gasteiger partial charge >= 0.3 is 6.09 Å². The summed E-state index contributed by atoms with van der Waals surface area (Å²) in [5.41, 5.74) is 3.53. The SMILES string of the molecule is COc1ccc(CC2COC(=O)N2Cc2ccc3ocnc3c2)cc1OC. The molecule has 1 fully saturated rings. The molecule has 1 aliphatic heterocycles. The minimum Gasteiger partial charge on any atom is -0.493 e. The molecule has 0 radical (unpaired) electrons. The molecule has 1 saturated heterocycles. The molecule has 1 atom stereocenters. The van der Waals surface area contributed by atoms with E-state index in [0.29, 0.717) is 31.1 Å². The van der Waals surface area contributed by atoms with Gasteiger partial charge in [0, 0.05) is 6.54 Å². The van der Waals surface area contributed by atoms with Crippen LogP contribution in [0.15, 0.2) is 47.2 Å². The average molecular weight is 368 g/mol. The van der Waals surface area contributed by atoms with E-state index >= 15 is 0 Å². The van der Waals surface area contributed by atoms with Crippen molar-refractivity contribution < 1.29 is 23.4 Å². The Morgan fingerprint density at radius 2 is 1.93 bits per heavy atom. The van der Waals surface area contributed by atoms with Crippen LogP contribution < -0.4 is 9.47 Å². The molecule has 3 aromatic rings. The van der Waals surface area contributed by atoms with Crippen molar-refractivity contribution >= 4 is 17.2 Å². The number of oxazole rings is 1. The van der Waals surface area contributed by atoms with Crippen molar-refractivity contribution in [2.75, 3.05) is 20.8 Å². The molecule has 1 amide bonds. The molecule has 4 rings (SSSR count). The van der Waals surface area contributed by atoms with Gasteiger partial charge in [0.05, 0.1) is 20.3 Å². The molecule has 0 spiro atoms. The molecule has 140 valence electrons. The molecule has 7 heteroatoms. The monoisotopic (exact) mass is 368 g/mol. The lowest BCUT2D eigenvalue weighted by atomic mass is 10.0. The third-order valence-corrected chi connectivity index (χ3v) is 4.74. The van der Waals surface area contributed by atoms with E-state index in [4.69, 9.17) is 18.6 Å². The number of rotatable bonds is 6. The Labute approximate surface area is 156 Å². The number of benzene rings is 2. The van der Waals surface area contributed by atoms with Crippen LogP contribution in [0.2, 0.25) is 0 Å². The van der Waals surface area contributed by atoms with Gasteiger partial charge < -0.3 is 18.6 Å². The molecule has 7 nitrogen and oxygen atoms in total. The van der Waals surface area contributed by atoms with Crippen LogP contribution in [0.5, 0.6) is 11.5 Å². The van der Waals surface area contributed by atoms with Crippen molar-refractivity contribution in [3.05, 3.63) is 53.9 Å². The van der Waals surface area contributed by atoms with E-state index in [1.54, 1.807) is 19.1 Å². The lowest BCUT2D eigenvalue weighted by molar-refractivity contribution is 0.156. The van der Waals surface area contributed by atoms with Gasteiger partial charge in [0.15, 0.2) is 23.5 Å². The van der Waals surface area contributed by atoms with Gasteiger partial charge in [-0.1, -0.05) is 12.1 Å². The Kier molecular flexibility index (Phi) is 4.58. The van der Waals surface area contributed by atoms with Crippen molar-refractivity contribution in [1.82, 2.24) is 9.88 Å². The summed E-state index contributed by atoms with van der Waals surface area (Å²) in [6.45, 7) is 0.818. The van der Waals surface area contributed by atoms with E-state index in [9.17, 15) is 4.79 Å². The van der Waals surface area contributed by atoms with Gasteiger partial charge in [0.1, 0.15) is 12.1 Å². The van der Waals surface area contributed by atoms with Crippen LogP contribution in [-0.4, -0.2) is 42.8 Å². The van der Waals surface area contributed by atoms with Crippen LogP contribution in [0.3, 0.4) is 0 Å². The second kappa shape index (κ2) is 7.19. The lowest BCUT2D eigenvalue weighted by Gasteiger charge is -2.22. The Balaban J connectivity index is 1.52. The topological polar surface area (TPSA) is 74.0 Å². The molecule has 0 aliphatic carbocycles. The largest absolute Gasteiger partial charge is 0.493 e. The quantitative estimate of drug-likeness (QED) is 0.664. The summed E-state index contributed by atoms with van der Waals surface area (Å²) in [6.07, 6.45) is 1.78.